The van der Waals surface area contributed by atoms with E-state index in [0.717, 1.165) is 17.8 Å². The Labute approximate surface area is 128 Å². The van der Waals surface area contributed by atoms with Crippen LogP contribution >= 0.6 is 11.3 Å². The summed E-state index contributed by atoms with van der Waals surface area (Å²) in [6.45, 7) is 3.66. The Hall–Kier alpha value is -1.35. The molecule has 2 rings (SSSR count). The van der Waals surface area contributed by atoms with Crippen molar-refractivity contribution in [2.24, 2.45) is 0 Å². The Bertz CT molecular complexity index is 656. The molecule has 0 aliphatic heterocycles. The minimum absolute atomic E-state index is 0.155. The molecule has 0 saturated carbocycles. The molecule has 0 radical (unpaired) electrons. The van der Waals surface area contributed by atoms with Crippen LogP contribution in [0.5, 0.6) is 0 Å². The normalized spacial score (nSPS) is 11.7. The number of aromatic nitrogens is 2. The van der Waals surface area contributed by atoms with Gasteiger partial charge in [0, 0.05) is 17.6 Å². The van der Waals surface area contributed by atoms with Crippen molar-refractivity contribution < 1.29 is 8.42 Å². The summed E-state index contributed by atoms with van der Waals surface area (Å²) in [7, 11) is -3.52. The SMILES string of the molecule is CCCNCc1sccc1S(=O)(=O)NCc1ccncn1. The summed E-state index contributed by atoms with van der Waals surface area (Å²) in [6, 6.07) is 3.32. The van der Waals surface area contributed by atoms with Gasteiger partial charge in [-0.15, -0.1) is 11.3 Å². The minimum Gasteiger partial charge on any atom is -0.312 e. The van der Waals surface area contributed by atoms with Crippen LogP contribution in [0.1, 0.15) is 23.9 Å². The number of rotatable bonds is 8. The molecular formula is C13H18N4O2S2. The van der Waals surface area contributed by atoms with Crippen LogP contribution in [0, 0.1) is 0 Å². The predicted molar refractivity (Wildman–Crippen MR) is 82.4 cm³/mol. The van der Waals surface area contributed by atoms with Crippen LogP contribution < -0.4 is 10.0 Å². The van der Waals surface area contributed by atoms with E-state index < -0.39 is 10.0 Å². The maximum atomic E-state index is 12.3. The lowest BCUT2D eigenvalue weighted by molar-refractivity contribution is 0.578. The van der Waals surface area contributed by atoms with Crippen LogP contribution in [0.2, 0.25) is 0 Å². The summed E-state index contributed by atoms with van der Waals surface area (Å²) in [4.78, 5) is 8.96. The maximum Gasteiger partial charge on any atom is 0.242 e. The van der Waals surface area contributed by atoms with Gasteiger partial charge in [0.15, 0.2) is 0 Å². The molecule has 0 aliphatic carbocycles. The molecule has 6 nitrogen and oxygen atoms in total. The largest absolute Gasteiger partial charge is 0.312 e. The molecule has 8 heteroatoms. The fourth-order valence-electron chi connectivity index (χ4n) is 1.75. The Morgan fingerprint density at radius 3 is 2.86 bits per heavy atom. The van der Waals surface area contributed by atoms with Crippen molar-refractivity contribution in [3.05, 3.63) is 40.6 Å². The van der Waals surface area contributed by atoms with Crippen molar-refractivity contribution >= 4 is 21.4 Å². The van der Waals surface area contributed by atoms with Crippen LogP contribution in [-0.2, 0) is 23.1 Å². The van der Waals surface area contributed by atoms with E-state index in [4.69, 9.17) is 0 Å². The first-order valence-corrected chi connectivity index (χ1v) is 9.01. The highest BCUT2D eigenvalue weighted by molar-refractivity contribution is 7.89. The average molecular weight is 326 g/mol. The van der Waals surface area contributed by atoms with Gasteiger partial charge in [-0.3, -0.25) is 0 Å². The van der Waals surface area contributed by atoms with Crippen molar-refractivity contribution in [3.8, 4) is 0 Å². The van der Waals surface area contributed by atoms with E-state index >= 15 is 0 Å². The fourth-order valence-corrected chi connectivity index (χ4v) is 4.16. The smallest absolute Gasteiger partial charge is 0.242 e. The van der Waals surface area contributed by atoms with Crippen LogP contribution in [0.15, 0.2) is 34.9 Å². The minimum atomic E-state index is -3.52. The van der Waals surface area contributed by atoms with Gasteiger partial charge in [0.05, 0.1) is 17.1 Å². The summed E-state index contributed by atoms with van der Waals surface area (Å²) in [5, 5.41) is 5.02. The number of nitrogens with zero attached hydrogens (tertiary/aromatic N) is 2. The summed E-state index contributed by atoms with van der Waals surface area (Å²) in [5.74, 6) is 0. The van der Waals surface area contributed by atoms with Gasteiger partial charge < -0.3 is 5.32 Å². The molecule has 0 bridgehead atoms. The first kappa shape index (κ1) is 16.0. The number of nitrogens with one attached hydrogen (secondary N) is 2. The van der Waals surface area contributed by atoms with Crippen LogP contribution in [0.25, 0.3) is 0 Å². The molecule has 2 aromatic rings. The maximum absolute atomic E-state index is 12.3. The molecule has 0 saturated heterocycles. The number of thiophene rings is 1. The molecule has 0 spiro atoms. The van der Waals surface area contributed by atoms with Gasteiger partial charge in [0.1, 0.15) is 6.33 Å². The highest BCUT2D eigenvalue weighted by atomic mass is 32.2. The zero-order chi connectivity index (χ0) is 15.1. The Balaban J connectivity index is 2.04. The molecule has 0 unspecified atom stereocenters. The lowest BCUT2D eigenvalue weighted by Gasteiger charge is -2.08. The molecular weight excluding hydrogens is 308 g/mol. The molecule has 114 valence electrons. The molecule has 2 heterocycles. The van der Waals surface area contributed by atoms with Gasteiger partial charge in [-0.05, 0) is 30.5 Å². The summed E-state index contributed by atoms with van der Waals surface area (Å²) < 4.78 is 27.3. The molecule has 2 N–H and O–H groups in total. The Morgan fingerprint density at radius 1 is 1.29 bits per heavy atom. The van der Waals surface area contributed by atoms with Gasteiger partial charge in [0.25, 0.3) is 0 Å². The number of sulfonamides is 1. The zero-order valence-electron chi connectivity index (χ0n) is 11.7. The van der Waals surface area contributed by atoms with E-state index in [0.29, 0.717) is 17.1 Å². The highest BCUT2D eigenvalue weighted by Crippen LogP contribution is 2.21. The van der Waals surface area contributed by atoms with Crippen LogP contribution in [0.3, 0.4) is 0 Å². The molecule has 0 fully saturated rings. The molecule has 0 aliphatic rings. The second kappa shape index (κ2) is 7.60. The standard InChI is InChI=1S/C13H18N4O2S2/c1-2-5-14-9-12-13(4-7-20-12)21(18,19)17-8-11-3-6-15-10-16-11/h3-4,6-7,10,14,17H,2,5,8-9H2,1H3. The number of hydrogen-bond acceptors (Lipinski definition) is 6. The van der Waals surface area contributed by atoms with Gasteiger partial charge in [-0.1, -0.05) is 6.92 Å². The Kier molecular flexibility index (Phi) is 5.80. The van der Waals surface area contributed by atoms with Crippen LogP contribution in [0.4, 0.5) is 0 Å². The first-order chi connectivity index (χ1) is 10.1. The quantitative estimate of drug-likeness (QED) is 0.719. The third-order valence-corrected chi connectivity index (χ3v) is 5.33. The molecule has 0 atom stereocenters. The summed E-state index contributed by atoms with van der Waals surface area (Å²) in [5.41, 5.74) is 0.634. The second-order valence-electron chi connectivity index (χ2n) is 4.41. The molecule has 21 heavy (non-hydrogen) atoms. The second-order valence-corrected chi connectivity index (χ2v) is 7.15. The third-order valence-electron chi connectivity index (χ3n) is 2.79. The van der Waals surface area contributed by atoms with Crippen molar-refractivity contribution in [3.63, 3.8) is 0 Å². The Morgan fingerprint density at radius 2 is 2.14 bits per heavy atom. The van der Waals surface area contributed by atoms with Crippen molar-refractivity contribution in [2.75, 3.05) is 6.54 Å². The van der Waals surface area contributed by atoms with Crippen LogP contribution in [-0.4, -0.2) is 24.9 Å². The van der Waals surface area contributed by atoms with E-state index in [1.807, 2.05) is 0 Å². The molecule has 0 aromatic carbocycles. The van der Waals surface area contributed by atoms with Gasteiger partial charge >= 0.3 is 0 Å². The predicted octanol–water partition coefficient (Wildman–Crippen LogP) is 1.52. The fraction of sp³-hybridized carbons (Fsp3) is 0.385. The van der Waals surface area contributed by atoms with E-state index in [-0.39, 0.29) is 6.54 Å². The molecule has 0 amide bonds. The topological polar surface area (TPSA) is 84.0 Å². The van der Waals surface area contributed by atoms with Gasteiger partial charge in [-0.25, -0.2) is 23.1 Å². The van der Waals surface area contributed by atoms with E-state index in [1.165, 1.54) is 17.7 Å². The van der Waals surface area contributed by atoms with Crippen molar-refractivity contribution in [1.29, 1.82) is 0 Å². The first-order valence-electron chi connectivity index (χ1n) is 6.65. The summed E-state index contributed by atoms with van der Waals surface area (Å²) in [6.07, 6.45) is 4.00. The third kappa shape index (κ3) is 4.57. The van der Waals surface area contributed by atoms with Gasteiger partial charge in [0.2, 0.25) is 10.0 Å². The highest BCUT2D eigenvalue weighted by Gasteiger charge is 2.19. The summed E-state index contributed by atoms with van der Waals surface area (Å²) >= 11 is 1.44. The van der Waals surface area contributed by atoms with Crippen molar-refractivity contribution in [2.45, 2.75) is 31.3 Å². The van der Waals surface area contributed by atoms with Gasteiger partial charge in [-0.2, -0.15) is 0 Å². The lowest BCUT2D eigenvalue weighted by Crippen LogP contribution is -2.25. The van der Waals surface area contributed by atoms with E-state index in [1.54, 1.807) is 23.7 Å². The lowest BCUT2D eigenvalue weighted by atomic mass is 10.4. The number of hydrogen-bond donors (Lipinski definition) is 2. The average Bonchev–Trinajstić information content (AvgIpc) is 2.96. The monoisotopic (exact) mass is 326 g/mol. The zero-order valence-corrected chi connectivity index (χ0v) is 13.4. The molecule has 2 aromatic heterocycles. The van der Waals surface area contributed by atoms with E-state index in [9.17, 15) is 8.42 Å². The van der Waals surface area contributed by atoms with Crippen molar-refractivity contribution in [1.82, 2.24) is 20.0 Å². The van der Waals surface area contributed by atoms with E-state index in [2.05, 4.69) is 26.9 Å².